The zero-order valence-corrected chi connectivity index (χ0v) is 19.5. The van der Waals surface area contributed by atoms with Gasteiger partial charge in [-0.3, -0.25) is 4.79 Å². The van der Waals surface area contributed by atoms with Crippen LogP contribution in [0.5, 0.6) is 5.75 Å². The molecule has 0 saturated carbocycles. The third-order valence-corrected chi connectivity index (χ3v) is 6.84. The van der Waals surface area contributed by atoms with Crippen LogP contribution in [0.2, 0.25) is 15.1 Å². The van der Waals surface area contributed by atoms with Crippen molar-refractivity contribution in [2.75, 3.05) is 12.4 Å². The maximum atomic E-state index is 12.6. The predicted octanol–water partition coefficient (Wildman–Crippen LogP) is 6.13. The van der Waals surface area contributed by atoms with Gasteiger partial charge in [-0.05, 0) is 36.4 Å². The molecule has 11 heteroatoms. The van der Waals surface area contributed by atoms with Crippen LogP contribution in [0, 0.1) is 0 Å². The number of benzene rings is 2. The number of rotatable bonds is 6. The third-order valence-electron chi connectivity index (χ3n) is 4.40. The number of halogens is 3. The van der Waals surface area contributed by atoms with Gasteiger partial charge in [-0.25, -0.2) is 9.48 Å². The zero-order valence-electron chi connectivity index (χ0n) is 16.4. The van der Waals surface area contributed by atoms with Crippen molar-refractivity contribution in [1.29, 1.82) is 0 Å². The summed E-state index contributed by atoms with van der Waals surface area (Å²) >= 11 is 19.5. The lowest BCUT2D eigenvalue weighted by molar-refractivity contribution is 0.0606. The highest BCUT2D eigenvalue weighted by Crippen LogP contribution is 2.37. The van der Waals surface area contributed by atoms with E-state index in [1.165, 1.54) is 23.1 Å². The van der Waals surface area contributed by atoms with Gasteiger partial charge in [0.1, 0.15) is 15.6 Å². The van der Waals surface area contributed by atoms with Crippen molar-refractivity contribution in [3.05, 3.63) is 74.3 Å². The quantitative estimate of drug-likeness (QED) is 0.315. The molecule has 2 heterocycles. The van der Waals surface area contributed by atoms with E-state index in [0.717, 1.165) is 4.70 Å². The Kier molecular flexibility index (Phi) is 6.57. The highest BCUT2D eigenvalue weighted by molar-refractivity contribution is 7.21. The first-order valence-corrected chi connectivity index (χ1v) is 11.0. The van der Waals surface area contributed by atoms with Crippen LogP contribution < -0.4 is 10.1 Å². The fraction of sp³-hybridized carbons (Fsp3) is 0.0952. The van der Waals surface area contributed by atoms with Crippen LogP contribution >= 0.6 is 46.1 Å². The van der Waals surface area contributed by atoms with Crippen molar-refractivity contribution < 1.29 is 19.1 Å². The number of aromatic nitrogens is 2. The highest BCUT2D eigenvalue weighted by atomic mass is 35.5. The second kappa shape index (κ2) is 9.38. The Hall–Kier alpha value is -2.78. The summed E-state index contributed by atoms with van der Waals surface area (Å²) in [5.41, 5.74) is 0.735. The monoisotopic (exact) mass is 509 g/mol. The van der Waals surface area contributed by atoms with Crippen molar-refractivity contribution in [3.63, 3.8) is 0 Å². The summed E-state index contributed by atoms with van der Waals surface area (Å²) in [6, 6.07) is 11.8. The molecular formula is C21H14Cl3N3O4S. The largest absolute Gasteiger partial charge is 0.470 e. The smallest absolute Gasteiger partial charge is 0.349 e. The number of thiophene rings is 1. The number of hydrogen-bond donors (Lipinski definition) is 1. The van der Waals surface area contributed by atoms with Crippen molar-refractivity contribution in [1.82, 2.24) is 9.78 Å². The number of anilines is 1. The molecule has 1 amide bonds. The van der Waals surface area contributed by atoms with Gasteiger partial charge in [0.15, 0.2) is 12.4 Å². The van der Waals surface area contributed by atoms with Gasteiger partial charge < -0.3 is 14.8 Å². The van der Waals surface area contributed by atoms with Crippen molar-refractivity contribution >= 4 is 73.8 Å². The zero-order chi connectivity index (χ0) is 22.8. The van der Waals surface area contributed by atoms with Crippen LogP contribution in [-0.4, -0.2) is 28.8 Å². The predicted molar refractivity (Wildman–Crippen MR) is 125 cm³/mol. The van der Waals surface area contributed by atoms with Crippen LogP contribution in [-0.2, 0) is 11.5 Å². The number of esters is 1. The Morgan fingerprint density at radius 2 is 1.94 bits per heavy atom. The number of amides is 1. The summed E-state index contributed by atoms with van der Waals surface area (Å²) in [5.74, 6) is -0.497. The number of nitrogens with zero attached hydrogens (tertiary/aromatic N) is 2. The first-order valence-electron chi connectivity index (χ1n) is 9.09. The number of carbonyl (C=O) groups is 2. The molecule has 164 valence electrons. The van der Waals surface area contributed by atoms with Gasteiger partial charge in [0.2, 0.25) is 0 Å². The summed E-state index contributed by atoms with van der Waals surface area (Å²) in [6.45, 7) is 0.0449. The summed E-state index contributed by atoms with van der Waals surface area (Å²) in [7, 11) is 1.29. The lowest BCUT2D eigenvalue weighted by Gasteiger charge is -2.08. The van der Waals surface area contributed by atoms with Gasteiger partial charge in [0, 0.05) is 22.0 Å². The second-order valence-corrected chi connectivity index (χ2v) is 8.68. The molecule has 0 aliphatic rings. The number of carbonyl (C=O) groups excluding carboxylic acids is 2. The lowest BCUT2D eigenvalue weighted by Crippen LogP contribution is -2.14. The molecule has 0 aliphatic heterocycles. The van der Waals surface area contributed by atoms with Crippen LogP contribution in [0.3, 0.4) is 0 Å². The van der Waals surface area contributed by atoms with Crippen molar-refractivity contribution in [3.8, 4) is 5.75 Å². The van der Waals surface area contributed by atoms with Gasteiger partial charge in [-0.15, -0.1) is 11.3 Å². The maximum Gasteiger partial charge on any atom is 0.349 e. The molecule has 0 saturated heterocycles. The summed E-state index contributed by atoms with van der Waals surface area (Å²) < 4.78 is 12.5. The molecule has 32 heavy (non-hydrogen) atoms. The van der Waals surface area contributed by atoms with Gasteiger partial charge in [0.05, 0.1) is 17.2 Å². The number of ether oxygens (including phenoxy) is 2. The van der Waals surface area contributed by atoms with Gasteiger partial charge in [-0.1, -0.05) is 40.9 Å². The molecule has 4 rings (SSSR count). The minimum Gasteiger partial charge on any atom is -0.470 e. The minimum atomic E-state index is -0.506. The molecule has 0 aliphatic carbocycles. The minimum absolute atomic E-state index is 0.0449. The Labute approximate surface area is 201 Å². The molecule has 0 spiro atoms. The van der Waals surface area contributed by atoms with E-state index < -0.39 is 11.9 Å². The summed E-state index contributed by atoms with van der Waals surface area (Å²) in [4.78, 5) is 24.7. The Morgan fingerprint density at radius 1 is 1.12 bits per heavy atom. The molecule has 2 aromatic heterocycles. The van der Waals surface area contributed by atoms with E-state index >= 15 is 0 Å². The number of hydrogen-bond acceptors (Lipinski definition) is 6. The topological polar surface area (TPSA) is 82.5 Å². The average molecular weight is 511 g/mol. The Morgan fingerprint density at radius 3 is 2.72 bits per heavy atom. The number of nitrogens with one attached hydrogen (secondary N) is 1. The fourth-order valence-electron chi connectivity index (χ4n) is 2.85. The van der Waals surface area contributed by atoms with Gasteiger partial charge >= 0.3 is 5.97 Å². The third kappa shape index (κ3) is 4.54. The van der Waals surface area contributed by atoms with Crippen LogP contribution in [0.15, 0.2) is 48.7 Å². The van der Waals surface area contributed by atoms with E-state index in [9.17, 15) is 9.59 Å². The molecule has 0 radical (unpaired) electrons. The van der Waals surface area contributed by atoms with Crippen LogP contribution in [0.25, 0.3) is 10.1 Å². The number of methoxy groups -OCH3 is 1. The molecule has 0 bridgehead atoms. The molecule has 0 atom stereocenters. The molecule has 7 nitrogen and oxygen atoms in total. The normalized spacial score (nSPS) is 10.9. The first-order chi connectivity index (χ1) is 15.4. The summed E-state index contributed by atoms with van der Waals surface area (Å²) in [5, 5.41) is 8.71. The number of fused-ring (bicyclic) bond motifs is 1. The van der Waals surface area contributed by atoms with Gasteiger partial charge in [0.25, 0.3) is 5.91 Å². The molecule has 4 aromatic rings. The van der Waals surface area contributed by atoms with E-state index in [1.54, 1.807) is 48.7 Å². The van der Waals surface area contributed by atoms with Crippen LogP contribution in [0.1, 0.15) is 20.2 Å². The fourth-order valence-corrected chi connectivity index (χ4v) is 4.66. The summed E-state index contributed by atoms with van der Waals surface area (Å²) in [6.07, 6.45) is 1.61. The van der Waals surface area contributed by atoms with E-state index in [1.807, 2.05) is 0 Å². The lowest BCUT2D eigenvalue weighted by atomic mass is 10.2. The molecule has 2 aromatic carbocycles. The maximum absolute atomic E-state index is 12.6. The van der Waals surface area contributed by atoms with E-state index in [4.69, 9.17) is 44.3 Å². The van der Waals surface area contributed by atoms with E-state index in [-0.39, 0.29) is 12.4 Å². The average Bonchev–Trinajstić information content (AvgIpc) is 3.39. The first kappa shape index (κ1) is 22.4. The van der Waals surface area contributed by atoms with E-state index in [2.05, 4.69) is 10.4 Å². The Bertz CT molecular complexity index is 1340. The molecule has 1 N–H and O–H groups in total. The second-order valence-electron chi connectivity index (χ2n) is 6.47. The SMILES string of the molecule is COC(=O)c1sc2cc(NC(=O)c3ccn(COc4cccc(Cl)c4Cl)n3)ccc2c1Cl. The standard InChI is InChI=1S/C21H14Cl3N3O4S/c1-30-21(29)19-17(23)12-6-5-11(9-16(12)32-19)25-20(28)14-7-8-27(26-14)10-31-15-4-2-3-13(22)18(15)24/h2-9H,10H2,1H3,(H,25,28). The van der Waals surface area contributed by atoms with Crippen molar-refractivity contribution in [2.45, 2.75) is 6.73 Å². The van der Waals surface area contributed by atoms with E-state index in [0.29, 0.717) is 36.8 Å². The molecule has 0 fully saturated rings. The van der Waals surface area contributed by atoms with Crippen LogP contribution in [0.4, 0.5) is 5.69 Å². The molecule has 0 unspecified atom stereocenters. The molecular weight excluding hydrogens is 497 g/mol. The van der Waals surface area contributed by atoms with Crippen molar-refractivity contribution in [2.24, 2.45) is 0 Å². The Balaban J connectivity index is 1.45. The van der Waals surface area contributed by atoms with Gasteiger partial charge in [-0.2, -0.15) is 5.10 Å². The highest BCUT2D eigenvalue weighted by Gasteiger charge is 2.18.